The number of hydrogen-bond acceptors (Lipinski definition) is 3. The number of nitrogens with zero attached hydrogens (tertiary/aromatic N) is 1. The minimum atomic E-state index is 0.351. The molecular weight excluding hydrogens is 298 g/mol. The Balaban J connectivity index is 1.75. The van der Waals surface area contributed by atoms with E-state index in [4.69, 9.17) is 9.47 Å². The van der Waals surface area contributed by atoms with Crippen molar-refractivity contribution >= 4 is 0 Å². The van der Waals surface area contributed by atoms with Crippen LogP contribution in [0.1, 0.15) is 29.5 Å². The molecule has 2 aromatic rings. The van der Waals surface area contributed by atoms with Crippen molar-refractivity contribution in [1.29, 1.82) is 0 Å². The van der Waals surface area contributed by atoms with E-state index in [2.05, 4.69) is 48.2 Å². The van der Waals surface area contributed by atoms with Gasteiger partial charge in [-0.25, -0.2) is 0 Å². The summed E-state index contributed by atoms with van der Waals surface area (Å²) in [6, 6.07) is 17.0. The van der Waals surface area contributed by atoms with Gasteiger partial charge in [0.15, 0.2) is 0 Å². The summed E-state index contributed by atoms with van der Waals surface area (Å²) < 4.78 is 11.4. The second kappa shape index (κ2) is 8.32. The quantitative estimate of drug-likeness (QED) is 0.762. The Kier molecular flexibility index (Phi) is 5.89. The van der Waals surface area contributed by atoms with Gasteiger partial charge >= 0.3 is 0 Å². The van der Waals surface area contributed by atoms with Gasteiger partial charge in [0.2, 0.25) is 0 Å². The lowest BCUT2D eigenvalue weighted by Crippen LogP contribution is -2.31. The molecule has 3 rings (SSSR count). The average molecular weight is 325 g/mol. The summed E-state index contributed by atoms with van der Waals surface area (Å²) in [4.78, 5) is 2.47. The lowest BCUT2D eigenvalue weighted by atomic mass is 10.1. The zero-order chi connectivity index (χ0) is 16.8. The molecule has 1 heterocycles. The van der Waals surface area contributed by atoms with Gasteiger partial charge in [0.1, 0.15) is 5.75 Å². The highest BCUT2D eigenvalue weighted by Gasteiger charge is 2.20. The third kappa shape index (κ3) is 4.59. The molecule has 2 aromatic carbocycles. The van der Waals surface area contributed by atoms with Crippen LogP contribution in [0, 0.1) is 6.92 Å². The Labute approximate surface area is 145 Å². The minimum Gasteiger partial charge on any atom is -0.496 e. The van der Waals surface area contributed by atoms with Crippen LogP contribution in [0.15, 0.2) is 48.5 Å². The van der Waals surface area contributed by atoms with E-state index in [-0.39, 0.29) is 0 Å². The van der Waals surface area contributed by atoms with E-state index in [1.54, 1.807) is 7.11 Å². The van der Waals surface area contributed by atoms with Gasteiger partial charge in [0, 0.05) is 31.8 Å². The van der Waals surface area contributed by atoms with Crippen LogP contribution in [-0.4, -0.2) is 31.3 Å². The molecule has 3 nitrogen and oxygen atoms in total. The Hall–Kier alpha value is -1.84. The summed E-state index contributed by atoms with van der Waals surface area (Å²) in [7, 11) is 1.74. The molecule has 0 spiro atoms. The maximum absolute atomic E-state index is 5.87. The number of benzene rings is 2. The van der Waals surface area contributed by atoms with Crippen LogP contribution in [0.5, 0.6) is 5.75 Å². The lowest BCUT2D eigenvalue weighted by Gasteiger charge is -2.26. The van der Waals surface area contributed by atoms with Crippen molar-refractivity contribution < 1.29 is 9.47 Å². The van der Waals surface area contributed by atoms with Gasteiger partial charge in [-0.15, -0.1) is 0 Å². The largest absolute Gasteiger partial charge is 0.496 e. The number of aryl methyl sites for hydroxylation is 1. The molecule has 1 aliphatic rings. The van der Waals surface area contributed by atoms with Gasteiger partial charge in [0.25, 0.3) is 0 Å². The molecule has 1 fully saturated rings. The van der Waals surface area contributed by atoms with Crippen LogP contribution in [0.4, 0.5) is 0 Å². The minimum absolute atomic E-state index is 0.351. The standard InChI is InChI=1S/C21H27NO2/c1-17-7-5-8-18(13-17)14-22(16-20-10-6-12-24-20)15-19-9-3-4-11-21(19)23-2/h3-5,7-9,11,13,20H,6,10,12,14-16H2,1-2H3. The van der Waals surface area contributed by atoms with Gasteiger partial charge < -0.3 is 9.47 Å². The van der Waals surface area contributed by atoms with E-state index in [1.807, 2.05) is 12.1 Å². The van der Waals surface area contributed by atoms with Gasteiger partial charge in [-0.1, -0.05) is 48.0 Å². The number of ether oxygens (including phenoxy) is 2. The number of para-hydroxylation sites is 1. The molecule has 1 aliphatic heterocycles. The Morgan fingerprint density at radius 2 is 2.00 bits per heavy atom. The maximum Gasteiger partial charge on any atom is 0.123 e. The topological polar surface area (TPSA) is 21.7 Å². The first-order valence-electron chi connectivity index (χ1n) is 8.76. The molecule has 0 radical (unpaired) electrons. The highest BCUT2D eigenvalue weighted by atomic mass is 16.5. The summed E-state index contributed by atoms with van der Waals surface area (Å²) >= 11 is 0. The summed E-state index contributed by atoms with van der Waals surface area (Å²) in [6.07, 6.45) is 2.69. The molecule has 0 aliphatic carbocycles. The summed E-state index contributed by atoms with van der Waals surface area (Å²) in [5.74, 6) is 0.957. The summed E-state index contributed by atoms with van der Waals surface area (Å²) in [5.41, 5.74) is 3.88. The summed E-state index contributed by atoms with van der Waals surface area (Å²) in [6.45, 7) is 5.81. The van der Waals surface area contributed by atoms with Gasteiger partial charge in [-0.05, 0) is 31.4 Å². The molecule has 0 saturated carbocycles. The van der Waals surface area contributed by atoms with Crippen molar-refractivity contribution in [3.8, 4) is 5.75 Å². The van der Waals surface area contributed by atoms with E-state index in [9.17, 15) is 0 Å². The molecule has 128 valence electrons. The number of hydrogen-bond donors (Lipinski definition) is 0. The first kappa shape index (κ1) is 17.0. The third-order valence-electron chi connectivity index (χ3n) is 4.56. The Bertz CT molecular complexity index is 650. The van der Waals surface area contributed by atoms with E-state index in [0.717, 1.165) is 38.4 Å². The predicted octanol–water partition coefficient (Wildman–Crippen LogP) is 4.18. The third-order valence-corrected chi connectivity index (χ3v) is 4.56. The van der Waals surface area contributed by atoms with Gasteiger partial charge in [0.05, 0.1) is 13.2 Å². The zero-order valence-electron chi connectivity index (χ0n) is 14.7. The predicted molar refractivity (Wildman–Crippen MR) is 97.3 cm³/mol. The smallest absolute Gasteiger partial charge is 0.123 e. The SMILES string of the molecule is COc1ccccc1CN(Cc1cccc(C)c1)CC1CCCO1. The van der Waals surface area contributed by atoms with Gasteiger partial charge in [-0.3, -0.25) is 4.90 Å². The van der Waals surface area contributed by atoms with Crippen LogP contribution < -0.4 is 4.74 Å². The first-order valence-corrected chi connectivity index (χ1v) is 8.76. The van der Waals surface area contributed by atoms with Crippen LogP contribution in [0.2, 0.25) is 0 Å². The monoisotopic (exact) mass is 325 g/mol. The molecule has 0 bridgehead atoms. The van der Waals surface area contributed by atoms with E-state index < -0.39 is 0 Å². The van der Waals surface area contributed by atoms with E-state index in [0.29, 0.717) is 6.10 Å². The fourth-order valence-corrected chi connectivity index (χ4v) is 3.40. The zero-order valence-corrected chi connectivity index (χ0v) is 14.7. The molecule has 0 N–H and O–H groups in total. The van der Waals surface area contributed by atoms with Crippen molar-refractivity contribution in [1.82, 2.24) is 4.90 Å². The molecule has 1 atom stereocenters. The van der Waals surface area contributed by atoms with Gasteiger partial charge in [-0.2, -0.15) is 0 Å². The highest BCUT2D eigenvalue weighted by Crippen LogP contribution is 2.22. The van der Waals surface area contributed by atoms with Crippen LogP contribution in [-0.2, 0) is 17.8 Å². The molecule has 3 heteroatoms. The fourth-order valence-electron chi connectivity index (χ4n) is 3.40. The van der Waals surface area contributed by atoms with Crippen LogP contribution >= 0.6 is 0 Å². The molecule has 1 unspecified atom stereocenters. The van der Waals surface area contributed by atoms with Crippen LogP contribution in [0.3, 0.4) is 0 Å². The van der Waals surface area contributed by atoms with Crippen molar-refractivity contribution in [3.63, 3.8) is 0 Å². The first-order chi connectivity index (χ1) is 11.7. The fraction of sp³-hybridized carbons (Fsp3) is 0.429. The summed E-state index contributed by atoms with van der Waals surface area (Å²) in [5, 5.41) is 0. The van der Waals surface area contributed by atoms with Crippen molar-refractivity contribution in [2.24, 2.45) is 0 Å². The second-order valence-electron chi connectivity index (χ2n) is 6.61. The van der Waals surface area contributed by atoms with Crippen LogP contribution in [0.25, 0.3) is 0 Å². The Morgan fingerprint density at radius 3 is 2.75 bits per heavy atom. The second-order valence-corrected chi connectivity index (χ2v) is 6.61. The Morgan fingerprint density at radius 1 is 1.12 bits per heavy atom. The molecule has 24 heavy (non-hydrogen) atoms. The molecule has 0 aromatic heterocycles. The van der Waals surface area contributed by atoms with Crippen molar-refractivity contribution in [2.45, 2.75) is 39.0 Å². The molecule has 1 saturated heterocycles. The lowest BCUT2D eigenvalue weighted by molar-refractivity contribution is 0.0676. The highest BCUT2D eigenvalue weighted by molar-refractivity contribution is 5.33. The van der Waals surface area contributed by atoms with E-state index in [1.165, 1.54) is 23.1 Å². The van der Waals surface area contributed by atoms with E-state index >= 15 is 0 Å². The van der Waals surface area contributed by atoms with Crippen molar-refractivity contribution in [2.75, 3.05) is 20.3 Å². The van der Waals surface area contributed by atoms with Crippen molar-refractivity contribution in [3.05, 3.63) is 65.2 Å². The maximum atomic E-state index is 5.87. The number of methoxy groups -OCH3 is 1. The number of rotatable bonds is 7. The normalized spacial score (nSPS) is 17.4. The average Bonchev–Trinajstić information content (AvgIpc) is 3.08. The molecule has 0 amide bonds. The molecular formula is C21H27NO2.